The summed E-state index contributed by atoms with van der Waals surface area (Å²) in [5, 5.41) is 23.0. The third kappa shape index (κ3) is 5.10. The Labute approximate surface area is 179 Å². The van der Waals surface area contributed by atoms with E-state index >= 15 is 0 Å². The van der Waals surface area contributed by atoms with Crippen LogP contribution in [0.15, 0.2) is 24.4 Å². The second-order valence-electron chi connectivity index (χ2n) is 5.89. The monoisotopic (exact) mass is 454 g/mol. The summed E-state index contributed by atoms with van der Waals surface area (Å²) in [7, 11) is 0. The minimum Gasteiger partial charge on any atom is -0.395 e. The standard InChI is InChI=1S/C17H16Cl2N6O3S/c1-9-14(23-24-25(9)8-10-2-3-11(18)12(19)6-10)16(28)22-17-21-7-13(29-17)15(27)20-4-5-26/h2-3,6-7,26H,4-5,8H2,1H3,(H,20,27)(H,21,22,28). The molecule has 0 atom stereocenters. The maximum atomic E-state index is 12.5. The number of aliphatic hydroxyl groups excluding tert-OH is 1. The molecule has 3 aromatic rings. The Morgan fingerprint density at radius 3 is 2.76 bits per heavy atom. The predicted molar refractivity (Wildman–Crippen MR) is 110 cm³/mol. The van der Waals surface area contributed by atoms with Crippen LogP contribution >= 0.6 is 34.5 Å². The second kappa shape index (κ2) is 9.31. The summed E-state index contributed by atoms with van der Waals surface area (Å²) in [6, 6.07) is 5.23. The molecule has 0 fully saturated rings. The van der Waals surface area contributed by atoms with Crippen molar-refractivity contribution < 1.29 is 14.7 Å². The van der Waals surface area contributed by atoms with Crippen LogP contribution in [0.4, 0.5) is 5.13 Å². The minimum atomic E-state index is -0.487. The van der Waals surface area contributed by atoms with E-state index in [-0.39, 0.29) is 29.9 Å². The van der Waals surface area contributed by atoms with Crippen molar-refractivity contribution in [2.45, 2.75) is 13.5 Å². The van der Waals surface area contributed by atoms with Gasteiger partial charge in [-0.05, 0) is 24.6 Å². The summed E-state index contributed by atoms with van der Waals surface area (Å²) in [6.45, 7) is 2.07. The third-order valence-electron chi connectivity index (χ3n) is 3.86. The largest absolute Gasteiger partial charge is 0.395 e. The van der Waals surface area contributed by atoms with Gasteiger partial charge in [0.05, 0.1) is 35.1 Å². The van der Waals surface area contributed by atoms with Crippen molar-refractivity contribution in [1.82, 2.24) is 25.3 Å². The Hall–Kier alpha value is -2.53. The van der Waals surface area contributed by atoms with Crippen LogP contribution in [-0.4, -0.2) is 50.1 Å². The quantitative estimate of drug-likeness (QED) is 0.503. The molecule has 2 aromatic heterocycles. The summed E-state index contributed by atoms with van der Waals surface area (Å²) in [4.78, 5) is 28.7. The van der Waals surface area contributed by atoms with Gasteiger partial charge in [-0.25, -0.2) is 9.67 Å². The number of nitrogens with zero attached hydrogens (tertiary/aromatic N) is 4. The average molecular weight is 455 g/mol. The molecule has 29 heavy (non-hydrogen) atoms. The number of benzene rings is 1. The first-order chi connectivity index (χ1) is 13.9. The predicted octanol–water partition coefficient (Wildman–Crippen LogP) is 2.37. The molecule has 0 unspecified atom stereocenters. The highest BCUT2D eigenvalue weighted by Gasteiger charge is 2.19. The molecule has 9 nitrogen and oxygen atoms in total. The third-order valence-corrected chi connectivity index (χ3v) is 5.51. The number of hydrogen-bond acceptors (Lipinski definition) is 7. The molecule has 0 aliphatic carbocycles. The molecule has 0 saturated carbocycles. The van der Waals surface area contributed by atoms with Crippen molar-refractivity contribution >= 4 is 51.5 Å². The molecule has 1 aromatic carbocycles. The second-order valence-corrected chi connectivity index (χ2v) is 7.74. The fraction of sp³-hybridized carbons (Fsp3) is 0.235. The molecule has 0 radical (unpaired) electrons. The lowest BCUT2D eigenvalue weighted by Gasteiger charge is -2.05. The van der Waals surface area contributed by atoms with Gasteiger partial charge in [-0.3, -0.25) is 14.9 Å². The summed E-state index contributed by atoms with van der Waals surface area (Å²) in [5.41, 5.74) is 1.57. The van der Waals surface area contributed by atoms with Crippen LogP contribution in [0, 0.1) is 6.92 Å². The lowest BCUT2D eigenvalue weighted by Crippen LogP contribution is -2.25. The first kappa shape index (κ1) is 21.2. The number of halogens is 2. The van der Waals surface area contributed by atoms with Crippen molar-refractivity contribution in [3.05, 3.63) is 56.3 Å². The Morgan fingerprint density at radius 2 is 2.03 bits per heavy atom. The fourth-order valence-electron chi connectivity index (χ4n) is 2.38. The SMILES string of the molecule is Cc1c(C(=O)Nc2ncc(C(=O)NCCO)s2)nnn1Cc1ccc(Cl)c(Cl)c1. The highest BCUT2D eigenvalue weighted by Crippen LogP contribution is 2.23. The maximum absolute atomic E-state index is 12.5. The van der Waals surface area contributed by atoms with Crippen LogP contribution in [0.3, 0.4) is 0 Å². The number of aromatic nitrogens is 4. The summed E-state index contributed by atoms with van der Waals surface area (Å²) in [6.07, 6.45) is 1.35. The number of aliphatic hydroxyl groups is 1. The van der Waals surface area contributed by atoms with E-state index in [0.29, 0.717) is 27.2 Å². The van der Waals surface area contributed by atoms with Gasteiger partial charge >= 0.3 is 0 Å². The van der Waals surface area contributed by atoms with Crippen molar-refractivity contribution in [3.8, 4) is 0 Å². The van der Waals surface area contributed by atoms with Gasteiger partial charge in [-0.2, -0.15) is 0 Å². The topological polar surface area (TPSA) is 122 Å². The number of thiazole rings is 1. The van der Waals surface area contributed by atoms with Crippen molar-refractivity contribution in [2.75, 3.05) is 18.5 Å². The molecule has 2 heterocycles. The molecule has 3 N–H and O–H groups in total. The normalized spacial score (nSPS) is 10.8. The van der Waals surface area contributed by atoms with Gasteiger partial charge in [0.1, 0.15) is 4.88 Å². The first-order valence-corrected chi connectivity index (χ1v) is 9.96. The van der Waals surface area contributed by atoms with Crippen LogP contribution in [0.25, 0.3) is 0 Å². The summed E-state index contributed by atoms with van der Waals surface area (Å²) in [5.74, 6) is -0.861. The number of hydrogen-bond donors (Lipinski definition) is 3. The molecule has 2 amide bonds. The van der Waals surface area contributed by atoms with E-state index in [2.05, 4.69) is 25.9 Å². The lowest BCUT2D eigenvalue weighted by molar-refractivity contribution is 0.0947. The van der Waals surface area contributed by atoms with Gasteiger partial charge in [0.15, 0.2) is 10.8 Å². The Balaban J connectivity index is 1.68. The molecular formula is C17H16Cl2N6O3S. The number of amides is 2. The lowest BCUT2D eigenvalue weighted by atomic mass is 10.2. The van der Waals surface area contributed by atoms with Gasteiger partial charge in [0, 0.05) is 6.54 Å². The zero-order valence-corrected chi connectivity index (χ0v) is 17.5. The highest BCUT2D eigenvalue weighted by atomic mass is 35.5. The van der Waals surface area contributed by atoms with Crippen molar-refractivity contribution in [2.24, 2.45) is 0 Å². The average Bonchev–Trinajstić information content (AvgIpc) is 3.30. The van der Waals surface area contributed by atoms with Crippen LogP contribution in [-0.2, 0) is 6.54 Å². The Kier molecular flexibility index (Phi) is 6.80. The van der Waals surface area contributed by atoms with Gasteiger partial charge in [0.2, 0.25) is 0 Å². The minimum absolute atomic E-state index is 0.138. The molecule has 0 bridgehead atoms. The number of rotatable bonds is 7. The number of anilines is 1. The van der Waals surface area contributed by atoms with Gasteiger partial charge in [-0.15, -0.1) is 5.10 Å². The molecule has 3 rings (SSSR count). The molecule has 0 spiro atoms. The smallest absolute Gasteiger partial charge is 0.279 e. The molecule has 0 aliphatic rings. The number of carbonyl (C=O) groups excluding carboxylic acids is 2. The van der Waals surface area contributed by atoms with E-state index < -0.39 is 5.91 Å². The zero-order chi connectivity index (χ0) is 21.0. The van der Waals surface area contributed by atoms with E-state index in [4.69, 9.17) is 28.3 Å². The molecule has 152 valence electrons. The van der Waals surface area contributed by atoms with Crippen molar-refractivity contribution in [3.63, 3.8) is 0 Å². The van der Waals surface area contributed by atoms with E-state index in [9.17, 15) is 9.59 Å². The highest BCUT2D eigenvalue weighted by molar-refractivity contribution is 7.17. The van der Waals surface area contributed by atoms with Crippen LogP contribution < -0.4 is 10.6 Å². The van der Waals surface area contributed by atoms with E-state index in [1.54, 1.807) is 23.7 Å². The van der Waals surface area contributed by atoms with Gasteiger partial charge < -0.3 is 10.4 Å². The summed E-state index contributed by atoms with van der Waals surface area (Å²) >= 11 is 13.0. The summed E-state index contributed by atoms with van der Waals surface area (Å²) < 4.78 is 1.57. The number of carbonyl (C=O) groups is 2. The van der Waals surface area contributed by atoms with Gasteiger partial charge in [0.25, 0.3) is 11.8 Å². The molecular weight excluding hydrogens is 439 g/mol. The van der Waals surface area contributed by atoms with Crippen LogP contribution in [0.1, 0.15) is 31.4 Å². The van der Waals surface area contributed by atoms with E-state index in [0.717, 1.165) is 16.9 Å². The van der Waals surface area contributed by atoms with Crippen LogP contribution in [0.2, 0.25) is 10.0 Å². The van der Waals surface area contributed by atoms with E-state index in [1.807, 2.05) is 6.07 Å². The van der Waals surface area contributed by atoms with E-state index in [1.165, 1.54) is 6.20 Å². The zero-order valence-electron chi connectivity index (χ0n) is 15.1. The molecule has 0 saturated heterocycles. The number of nitrogens with one attached hydrogen (secondary N) is 2. The van der Waals surface area contributed by atoms with Gasteiger partial charge in [-0.1, -0.05) is 45.8 Å². The van der Waals surface area contributed by atoms with Crippen LogP contribution in [0.5, 0.6) is 0 Å². The molecule has 0 aliphatic heterocycles. The van der Waals surface area contributed by atoms with Crippen molar-refractivity contribution in [1.29, 1.82) is 0 Å². The maximum Gasteiger partial charge on any atom is 0.279 e. The first-order valence-electron chi connectivity index (χ1n) is 8.39. The molecule has 12 heteroatoms. The Morgan fingerprint density at radius 1 is 1.24 bits per heavy atom. The Bertz CT molecular complexity index is 1050. The fourth-order valence-corrected chi connectivity index (χ4v) is 3.43.